The first-order valence-corrected chi connectivity index (χ1v) is 6.51. The molecule has 0 saturated carbocycles. The molecule has 1 fully saturated rings. The van der Waals surface area contributed by atoms with E-state index in [-0.39, 0.29) is 5.41 Å². The van der Waals surface area contributed by atoms with Crippen LogP contribution in [0.5, 0.6) is 0 Å². The second-order valence-electron chi connectivity index (χ2n) is 5.69. The summed E-state index contributed by atoms with van der Waals surface area (Å²) in [5, 5.41) is 0.776. The molecule has 2 unspecified atom stereocenters. The Labute approximate surface area is 97.5 Å². The predicted molar refractivity (Wildman–Crippen MR) is 69.5 cm³/mol. The summed E-state index contributed by atoms with van der Waals surface area (Å²) in [6.07, 6.45) is 0. The van der Waals surface area contributed by atoms with Crippen molar-refractivity contribution in [3.05, 3.63) is 35.4 Å². The lowest BCUT2D eigenvalue weighted by Crippen LogP contribution is -2.12. The van der Waals surface area contributed by atoms with Gasteiger partial charge in [0.05, 0.1) is 0 Å². The Hall–Kier alpha value is -0.430. The highest BCUT2D eigenvalue weighted by atomic mass is 32.2. The molecule has 1 aromatic rings. The molecule has 1 heteroatoms. The molecule has 1 aromatic carbocycles. The maximum Gasteiger partial charge on any atom is 0.0499 e. The van der Waals surface area contributed by atoms with Gasteiger partial charge in [0.1, 0.15) is 0 Å². The van der Waals surface area contributed by atoms with Crippen LogP contribution in [-0.2, 0) is 10.2 Å². The van der Waals surface area contributed by atoms with Gasteiger partial charge in [-0.25, -0.2) is 0 Å². The van der Waals surface area contributed by atoms with Crippen LogP contribution >= 0.6 is 11.8 Å². The van der Waals surface area contributed by atoms with Gasteiger partial charge < -0.3 is 0 Å². The summed E-state index contributed by atoms with van der Waals surface area (Å²) in [7, 11) is 0. The molecule has 0 bridgehead atoms. The normalized spacial score (nSPS) is 30.3. The largest absolute Gasteiger partial charge is 0.145 e. The molecular weight excluding hydrogens is 200 g/mol. The third-order valence-electron chi connectivity index (χ3n) is 3.46. The van der Waals surface area contributed by atoms with Gasteiger partial charge in [-0.3, -0.25) is 0 Å². The molecule has 1 saturated heterocycles. The molecule has 1 aliphatic rings. The topological polar surface area (TPSA) is 0 Å². The van der Waals surface area contributed by atoms with E-state index in [1.807, 2.05) is 0 Å². The van der Waals surface area contributed by atoms with Crippen LogP contribution in [0.3, 0.4) is 0 Å². The minimum atomic E-state index is 0.266. The average Bonchev–Trinajstić information content (AvgIpc) is 2.75. The molecule has 2 rings (SSSR count). The van der Waals surface area contributed by atoms with E-state index in [4.69, 9.17) is 0 Å². The zero-order valence-electron chi connectivity index (χ0n) is 10.3. The highest BCUT2D eigenvalue weighted by Gasteiger charge is 2.49. The van der Waals surface area contributed by atoms with Crippen molar-refractivity contribution >= 4 is 11.8 Å². The van der Waals surface area contributed by atoms with Crippen molar-refractivity contribution in [3.8, 4) is 0 Å². The molecule has 0 amide bonds. The Morgan fingerprint density at radius 2 is 1.60 bits per heavy atom. The number of hydrogen-bond donors (Lipinski definition) is 0. The van der Waals surface area contributed by atoms with Crippen molar-refractivity contribution in [2.24, 2.45) is 0 Å². The molecular formula is C14H20S. The van der Waals surface area contributed by atoms with Crippen LogP contribution in [0.25, 0.3) is 0 Å². The van der Waals surface area contributed by atoms with Crippen molar-refractivity contribution in [2.75, 3.05) is 0 Å². The van der Waals surface area contributed by atoms with Crippen LogP contribution < -0.4 is 0 Å². The van der Waals surface area contributed by atoms with E-state index in [0.29, 0.717) is 4.75 Å². The molecule has 1 heterocycles. The standard InChI is InChI=1S/C14H20S/c1-10-14(5,15-10)12-8-6-11(7-9-12)13(2,3)4/h6-10H,1-5H3. The summed E-state index contributed by atoms with van der Waals surface area (Å²) >= 11 is 2.06. The van der Waals surface area contributed by atoms with Gasteiger partial charge in [0.2, 0.25) is 0 Å². The Bertz CT molecular complexity index is 358. The van der Waals surface area contributed by atoms with Gasteiger partial charge in [0, 0.05) is 10.00 Å². The minimum absolute atomic E-state index is 0.266. The molecule has 0 N–H and O–H groups in total. The maximum atomic E-state index is 2.34. The molecule has 15 heavy (non-hydrogen) atoms. The summed E-state index contributed by atoms with van der Waals surface area (Å²) in [4.78, 5) is 0. The van der Waals surface area contributed by atoms with Crippen molar-refractivity contribution in [1.29, 1.82) is 0 Å². The van der Waals surface area contributed by atoms with E-state index in [1.165, 1.54) is 11.1 Å². The summed E-state index contributed by atoms with van der Waals surface area (Å²) in [5.74, 6) is 0. The highest BCUT2D eigenvalue weighted by Crippen LogP contribution is 2.60. The fourth-order valence-electron chi connectivity index (χ4n) is 1.94. The Balaban J connectivity index is 2.26. The summed E-state index contributed by atoms with van der Waals surface area (Å²) in [5.41, 5.74) is 3.17. The van der Waals surface area contributed by atoms with E-state index >= 15 is 0 Å². The Kier molecular flexibility index (Phi) is 2.42. The van der Waals surface area contributed by atoms with Gasteiger partial charge in [0.25, 0.3) is 0 Å². The van der Waals surface area contributed by atoms with Crippen molar-refractivity contribution in [1.82, 2.24) is 0 Å². The summed E-state index contributed by atoms with van der Waals surface area (Å²) in [6, 6.07) is 9.17. The van der Waals surface area contributed by atoms with Gasteiger partial charge in [0.15, 0.2) is 0 Å². The summed E-state index contributed by atoms with van der Waals surface area (Å²) in [6.45, 7) is 11.4. The van der Waals surface area contributed by atoms with Crippen molar-refractivity contribution < 1.29 is 0 Å². The first-order chi connectivity index (χ1) is 6.84. The van der Waals surface area contributed by atoms with Gasteiger partial charge in [-0.05, 0) is 23.5 Å². The molecule has 82 valence electrons. The van der Waals surface area contributed by atoms with Gasteiger partial charge >= 0.3 is 0 Å². The third kappa shape index (κ3) is 1.94. The lowest BCUT2D eigenvalue weighted by Gasteiger charge is -2.20. The van der Waals surface area contributed by atoms with E-state index in [2.05, 4.69) is 70.6 Å². The van der Waals surface area contributed by atoms with Gasteiger partial charge in [-0.1, -0.05) is 52.0 Å². The van der Waals surface area contributed by atoms with Crippen LogP contribution in [0.4, 0.5) is 0 Å². The van der Waals surface area contributed by atoms with E-state index in [9.17, 15) is 0 Å². The van der Waals surface area contributed by atoms with Crippen molar-refractivity contribution in [2.45, 2.75) is 50.0 Å². The molecule has 0 spiro atoms. The number of benzene rings is 1. The fourth-order valence-corrected chi connectivity index (χ4v) is 3.01. The Morgan fingerprint density at radius 1 is 1.13 bits per heavy atom. The molecule has 2 atom stereocenters. The lowest BCUT2D eigenvalue weighted by molar-refractivity contribution is 0.589. The number of thioether (sulfide) groups is 1. The highest BCUT2D eigenvalue weighted by molar-refractivity contribution is 8.08. The summed E-state index contributed by atoms with van der Waals surface area (Å²) < 4.78 is 0.385. The van der Waals surface area contributed by atoms with E-state index < -0.39 is 0 Å². The van der Waals surface area contributed by atoms with Crippen LogP contribution in [-0.4, -0.2) is 5.25 Å². The lowest BCUT2D eigenvalue weighted by atomic mass is 9.85. The van der Waals surface area contributed by atoms with Crippen LogP contribution in [0.1, 0.15) is 45.7 Å². The zero-order chi connectivity index (χ0) is 11.3. The van der Waals surface area contributed by atoms with Crippen LogP contribution in [0.15, 0.2) is 24.3 Å². The molecule has 0 aliphatic carbocycles. The first-order valence-electron chi connectivity index (χ1n) is 5.63. The van der Waals surface area contributed by atoms with Gasteiger partial charge in [-0.2, -0.15) is 0 Å². The van der Waals surface area contributed by atoms with Crippen LogP contribution in [0.2, 0.25) is 0 Å². The molecule has 0 aromatic heterocycles. The number of rotatable bonds is 1. The molecule has 0 nitrogen and oxygen atoms in total. The SMILES string of the molecule is CC1SC1(C)c1ccc(C(C)(C)C)cc1. The second-order valence-corrected chi connectivity index (χ2v) is 7.49. The van der Waals surface area contributed by atoms with E-state index in [0.717, 1.165) is 5.25 Å². The quantitative estimate of drug-likeness (QED) is 0.635. The Morgan fingerprint density at radius 3 is 1.93 bits per heavy atom. The second kappa shape index (κ2) is 3.28. The zero-order valence-corrected chi connectivity index (χ0v) is 11.1. The predicted octanol–water partition coefficient (Wildman–Crippen LogP) is 4.33. The van der Waals surface area contributed by atoms with Gasteiger partial charge in [-0.15, -0.1) is 11.8 Å². The fraction of sp³-hybridized carbons (Fsp3) is 0.571. The maximum absolute atomic E-state index is 2.34. The average molecular weight is 220 g/mol. The van der Waals surface area contributed by atoms with Crippen molar-refractivity contribution in [3.63, 3.8) is 0 Å². The monoisotopic (exact) mass is 220 g/mol. The number of hydrogen-bond acceptors (Lipinski definition) is 1. The van der Waals surface area contributed by atoms with E-state index in [1.54, 1.807) is 0 Å². The van der Waals surface area contributed by atoms with Crippen LogP contribution in [0, 0.1) is 0 Å². The molecule has 1 aliphatic heterocycles. The first kappa shape index (κ1) is 11.1. The molecule has 0 radical (unpaired) electrons. The smallest absolute Gasteiger partial charge is 0.0499 e. The third-order valence-corrected chi connectivity index (χ3v) is 5.11. The minimum Gasteiger partial charge on any atom is -0.145 e.